The fraction of sp³-hybridized carbons (Fsp3) is 0.645. The van der Waals surface area contributed by atoms with Crippen molar-refractivity contribution in [3.63, 3.8) is 0 Å². The van der Waals surface area contributed by atoms with Gasteiger partial charge in [-0.2, -0.15) is 0 Å². The van der Waals surface area contributed by atoms with E-state index < -0.39 is 29.1 Å². The average Bonchev–Trinajstić information content (AvgIpc) is 3.44. The van der Waals surface area contributed by atoms with Crippen molar-refractivity contribution in [1.82, 2.24) is 9.88 Å². The zero-order chi connectivity index (χ0) is 30.0. The Morgan fingerprint density at radius 1 is 1.18 bits per heavy atom. The number of amides is 1. The van der Waals surface area contributed by atoms with E-state index >= 15 is 0 Å². The first-order chi connectivity index (χ1) is 18.6. The molecule has 222 valence electrons. The first-order valence-corrected chi connectivity index (χ1v) is 14.7. The van der Waals surface area contributed by atoms with Gasteiger partial charge in [-0.3, -0.25) is 4.79 Å². The topological polar surface area (TPSA) is 98.2 Å². The molecular weight excluding hydrogens is 528 g/mol. The van der Waals surface area contributed by atoms with Crippen molar-refractivity contribution in [3.05, 3.63) is 45.4 Å². The molecule has 0 saturated carbocycles. The monoisotopic (exact) mass is 574 g/mol. The van der Waals surface area contributed by atoms with E-state index in [0.29, 0.717) is 29.3 Å². The number of esters is 1. The molecule has 2 heterocycles. The maximum Gasteiger partial charge on any atom is 0.332 e. The number of thiazole rings is 1. The second-order valence-electron chi connectivity index (χ2n) is 13.2. The van der Waals surface area contributed by atoms with Gasteiger partial charge in [-0.1, -0.05) is 40.7 Å². The molecule has 1 amide bonds. The molecule has 1 fully saturated rings. The van der Waals surface area contributed by atoms with Gasteiger partial charge in [-0.15, -0.1) is 11.3 Å². The van der Waals surface area contributed by atoms with Crippen LogP contribution in [0.25, 0.3) is 0 Å². The summed E-state index contributed by atoms with van der Waals surface area (Å²) in [7, 11) is 3.21. The van der Waals surface area contributed by atoms with Crippen LogP contribution in [0, 0.1) is 11.8 Å². The van der Waals surface area contributed by atoms with E-state index in [1.807, 2.05) is 40.7 Å². The van der Waals surface area contributed by atoms with E-state index in [2.05, 4.69) is 25.8 Å². The third kappa shape index (κ3) is 6.69. The molecule has 1 aliphatic rings. The number of hydrogen-bond acceptors (Lipinski definition) is 8. The molecule has 3 atom stereocenters. The van der Waals surface area contributed by atoms with Gasteiger partial charge in [0.1, 0.15) is 21.9 Å². The molecule has 2 aromatic rings. The number of likely N-dealkylation sites (tertiary alicyclic amines) is 1. The number of methoxy groups -OCH3 is 2. The van der Waals surface area contributed by atoms with Gasteiger partial charge < -0.3 is 24.2 Å². The number of carbonyl (C=O) groups is 2. The number of aromatic nitrogens is 1. The molecule has 3 rings (SSSR count). The molecule has 1 aromatic carbocycles. The van der Waals surface area contributed by atoms with Crippen LogP contribution in [0.15, 0.2) is 24.4 Å². The lowest BCUT2D eigenvalue weighted by molar-refractivity contribution is -0.168. The molecule has 8 nitrogen and oxygen atoms in total. The summed E-state index contributed by atoms with van der Waals surface area (Å²) in [4.78, 5) is 36.0. The summed E-state index contributed by atoms with van der Waals surface area (Å²) >= 11 is 1.43. The highest BCUT2D eigenvalue weighted by Gasteiger charge is 2.60. The van der Waals surface area contributed by atoms with Crippen LogP contribution in [0.3, 0.4) is 0 Å². The SMILES string of the molecule is COCc1cnc([C@H]2[C@@H](CO)C[C@@](CC(C)C)(C(=O)OC(C)(C)C)N2C(=O)c2ccc(C(C)(C)C)c(OC)c2)s1. The Balaban J connectivity index is 2.26. The lowest BCUT2D eigenvalue weighted by Gasteiger charge is -2.41. The van der Waals surface area contributed by atoms with Gasteiger partial charge in [0.2, 0.25) is 0 Å². The molecule has 0 bridgehead atoms. The molecule has 0 radical (unpaired) electrons. The smallest absolute Gasteiger partial charge is 0.332 e. The zero-order valence-corrected chi connectivity index (χ0v) is 26.5. The van der Waals surface area contributed by atoms with Crippen LogP contribution in [0.1, 0.15) is 100 Å². The van der Waals surface area contributed by atoms with Crippen molar-refractivity contribution >= 4 is 23.2 Å². The molecule has 0 aliphatic carbocycles. The number of nitrogens with zero attached hydrogens (tertiary/aromatic N) is 2. The summed E-state index contributed by atoms with van der Waals surface area (Å²) < 4.78 is 17.0. The molecule has 0 unspecified atom stereocenters. The molecular formula is C31H46N2O6S. The summed E-state index contributed by atoms with van der Waals surface area (Å²) in [5.41, 5.74) is -0.866. The zero-order valence-electron chi connectivity index (χ0n) is 25.7. The molecule has 1 N–H and O–H groups in total. The molecule has 1 saturated heterocycles. The fourth-order valence-electron chi connectivity index (χ4n) is 5.66. The Kier molecular flexibility index (Phi) is 9.74. The summed E-state index contributed by atoms with van der Waals surface area (Å²) in [5.74, 6) is -0.521. The van der Waals surface area contributed by atoms with Gasteiger partial charge in [0.25, 0.3) is 5.91 Å². The predicted molar refractivity (Wildman–Crippen MR) is 157 cm³/mol. The number of carbonyl (C=O) groups excluding carboxylic acids is 2. The highest BCUT2D eigenvalue weighted by molar-refractivity contribution is 7.11. The minimum atomic E-state index is -1.29. The Morgan fingerprint density at radius 2 is 1.85 bits per heavy atom. The van der Waals surface area contributed by atoms with Crippen LogP contribution < -0.4 is 4.74 Å². The molecule has 1 aliphatic heterocycles. The maximum absolute atomic E-state index is 14.7. The first-order valence-electron chi connectivity index (χ1n) is 13.9. The van der Waals surface area contributed by atoms with Gasteiger partial charge in [-0.05, 0) is 62.6 Å². The van der Waals surface area contributed by atoms with Gasteiger partial charge in [0, 0.05) is 31.4 Å². The third-order valence-corrected chi connectivity index (χ3v) is 8.17. The van der Waals surface area contributed by atoms with Gasteiger partial charge in [0.05, 0.1) is 24.6 Å². The summed E-state index contributed by atoms with van der Waals surface area (Å²) in [6.45, 7) is 16.0. The Morgan fingerprint density at radius 3 is 2.38 bits per heavy atom. The molecule has 1 aromatic heterocycles. The van der Waals surface area contributed by atoms with Crippen molar-refractivity contribution in [2.75, 3.05) is 20.8 Å². The quantitative estimate of drug-likeness (QED) is 0.371. The summed E-state index contributed by atoms with van der Waals surface area (Å²) in [6.07, 6.45) is 2.38. The van der Waals surface area contributed by atoms with Crippen molar-refractivity contribution in [1.29, 1.82) is 0 Å². The molecule has 9 heteroatoms. The average molecular weight is 575 g/mol. The Labute approximate surface area is 243 Å². The van der Waals surface area contributed by atoms with E-state index in [-0.39, 0.29) is 30.3 Å². The van der Waals surface area contributed by atoms with Gasteiger partial charge in [0.15, 0.2) is 0 Å². The number of ether oxygens (including phenoxy) is 3. The normalized spacial score (nSPS) is 21.6. The van der Waals surface area contributed by atoms with Crippen LogP contribution in [0.5, 0.6) is 5.75 Å². The lowest BCUT2D eigenvalue weighted by atomic mass is 9.83. The van der Waals surface area contributed by atoms with Crippen molar-refractivity contribution in [2.24, 2.45) is 11.8 Å². The number of aliphatic hydroxyl groups excluding tert-OH is 1. The van der Waals surface area contributed by atoms with Crippen LogP contribution in [-0.4, -0.2) is 58.8 Å². The number of benzene rings is 1. The summed E-state index contributed by atoms with van der Waals surface area (Å²) in [6, 6.07) is 4.84. The number of aliphatic hydroxyl groups is 1. The largest absolute Gasteiger partial charge is 0.496 e. The highest BCUT2D eigenvalue weighted by atomic mass is 32.1. The summed E-state index contributed by atoms with van der Waals surface area (Å²) in [5, 5.41) is 11.3. The maximum atomic E-state index is 14.7. The van der Waals surface area contributed by atoms with Crippen molar-refractivity contribution < 1.29 is 28.9 Å². The van der Waals surface area contributed by atoms with E-state index in [1.165, 1.54) is 11.3 Å². The molecule has 0 spiro atoms. The predicted octanol–water partition coefficient (Wildman–Crippen LogP) is 5.92. The second kappa shape index (κ2) is 12.2. The van der Waals surface area contributed by atoms with Crippen molar-refractivity contribution in [2.45, 2.75) is 97.4 Å². The number of hydrogen-bond donors (Lipinski definition) is 1. The van der Waals surface area contributed by atoms with E-state index in [4.69, 9.17) is 14.2 Å². The van der Waals surface area contributed by atoms with E-state index in [1.54, 1.807) is 37.4 Å². The van der Waals surface area contributed by atoms with E-state index in [9.17, 15) is 14.7 Å². The Bertz CT molecular complexity index is 1200. The highest BCUT2D eigenvalue weighted by Crippen LogP contribution is 2.52. The lowest BCUT2D eigenvalue weighted by Crippen LogP contribution is -2.56. The number of rotatable bonds is 9. The van der Waals surface area contributed by atoms with Crippen molar-refractivity contribution in [3.8, 4) is 5.75 Å². The van der Waals surface area contributed by atoms with Crippen LogP contribution >= 0.6 is 11.3 Å². The minimum absolute atomic E-state index is 0.0686. The van der Waals surface area contributed by atoms with Crippen LogP contribution in [0.4, 0.5) is 0 Å². The van der Waals surface area contributed by atoms with Crippen LogP contribution in [0.2, 0.25) is 0 Å². The fourth-order valence-corrected chi connectivity index (χ4v) is 6.74. The Hall–Kier alpha value is -2.49. The second-order valence-corrected chi connectivity index (χ2v) is 14.3. The standard InChI is InChI=1S/C31H46N2O6S/c1-19(2)14-31(28(36)39-30(6,7)8)15-21(17-34)25(26-32-16-22(40-26)18-37-9)33(31)27(35)20-11-12-23(29(3,4)5)24(13-20)38-10/h11-13,16,19,21,25,34H,14-15,17-18H2,1-10H3/t21-,25-,31+/m1/s1. The third-order valence-electron chi connectivity index (χ3n) is 7.13. The van der Waals surface area contributed by atoms with E-state index in [0.717, 1.165) is 10.4 Å². The van der Waals surface area contributed by atoms with Gasteiger partial charge in [-0.25, -0.2) is 9.78 Å². The minimum Gasteiger partial charge on any atom is -0.496 e. The molecule has 40 heavy (non-hydrogen) atoms. The van der Waals surface area contributed by atoms with Gasteiger partial charge >= 0.3 is 5.97 Å². The first kappa shape index (κ1) is 32.0. The van der Waals surface area contributed by atoms with Crippen LogP contribution in [-0.2, 0) is 26.3 Å².